The molecule has 0 atom stereocenters. The maximum absolute atomic E-state index is 9.84. The van der Waals surface area contributed by atoms with Crippen molar-refractivity contribution in [2.45, 2.75) is 19.8 Å². The van der Waals surface area contributed by atoms with Gasteiger partial charge in [0.05, 0.1) is 0 Å². The van der Waals surface area contributed by atoms with Crippen LogP contribution in [-0.4, -0.2) is 6.47 Å². The van der Waals surface area contributed by atoms with Gasteiger partial charge in [-0.15, -0.1) is 0 Å². The molecule has 0 bridgehead atoms. The van der Waals surface area contributed by atoms with Crippen LogP contribution in [0.25, 0.3) is 0 Å². The van der Waals surface area contributed by atoms with Crippen LogP contribution in [0.3, 0.4) is 0 Å². The van der Waals surface area contributed by atoms with Crippen LogP contribution in [0.4, 0.5) is 0 Å². The highest BCUT2D eigenvalue weighted by atomic mass is 16.5. The van der Waals surface area contributed by atoms with E-state index in [0.29, 0.717) is 5.75 Å². The van der Waals surface area contributed by atoms with Gasteiger partial charge < -0.3 is 4.74 Å². The summed E-state index contributed by atoms with van der Waals surface area (Å²) in [5.41, 5.74) is 1.26. The molecule has 0 N–H and O–H groups in total. The predicted octanol–water partition coefficient (Wildman–Crippen LogP) is 2.09. The second kappa shape index (κ2) is 4.54. The first-order chi connectivity index (χ1) is 5.86. The van der Waals surface area contributed by atoms with Crippen molar-refractivity contribution in [3.05, 3.63) is 29.8 Å². The molecular weight excluding hydrogens is 152 g/mol. The van der Waals surface area contributed by atoms with Gasteiger partial charge in [-0.05, 0) is 24.1 Å². The Hall–Kier alpha value is -1.31. The van der Waals surface area contributed by atoms with Crippen molar-refractivity contribution in [3.8, 4) is 5.75 Å². The molecular formula is C10H11O2. The second-order valence-corrected chi connectivity index (χ2v) is 2.58. The number of aryl methyl sites for hydroxylation is 1. The van der Waals surface area contributed by atoms with Gasteiger partial charge in [-0.25, -0.2) is 4.79 Å². The van der Waals surface area contributed by atoms with Crippen molar-refractivity contribution in [1.29, 1.82) is 0 Å². The molecule has 63 valence electrons. The Bertz CT molecular complexity index is 239. The molecule has 0 aromatic heterocycles. The third-order valence-corrected chi connectivity index (χ3v) is 1.62. The normalized spacial score (nSPS) is 9.42. The van der Waals surface area contributed by atoms with Gasteiger partial charge in [-0.3, -0.25) is 0 Å². The molecule has 0 saturated carbocycles. The molecule has 0 unspecified atom stereocenters. The smallest absolute Gasteiger partial charge is 0.418 e. The summed E-state index contributed by atoms with van der Waals surface area (Å²) in [6, 6.07) is 7.46. The van der Waals surface area contributed by atoms with Crippen molar-refractivity contribution < 1.29 is 9.53 Å². The van der Waals surface area contributed by atoms with E-state index >= 15 is 0 Å². The van der Waals surface area contributed by atoms with Crippen LogP contribution in [0.2, 0.25) is 0 Å². The number of ether oxygens (including phenoxy) is 1. The predicted molar refractivity (Wildman–Crippen MR) is 46.8 cm³/mol. The van der Waals surface area contributed by atoms with Gasteiger partial charge in [0, 0.05) is 0 Å². The first-order valence-corrected chi connectivity index (χ1v) is 3.99. The molecule has 1 aromatic rings. The van der Waals surface area contributed by atoms with Crippen LogP contribution < -0.4 is 4.74 Å². The summed E-state index contributed by atoms with van der Waals surface area (Å²) in [6.45, 7) is 3.51. The molecule has 0 aliphatic carbocycles. The zero-order valence-electron chi connectivity index (χ0n) is 7.04. The molecule has 12 heavy (non-hydrogen) atoms. The number of hydrogen-bond acceptors (Lipinski definition) is 2. The van der Waals surface area contributed by atoms with Crippen LogP contribution in [0.5, 0.6) is 5.75 Å². The fourth-order valence-electron chi connectivity index (χ4n) is 1.06. The topological polar surface area (TPSA) is 26.3 Å². The van der Waals surface area contributed by atoms with Crippen molar-refractivity contribution in [3.63, 3.8) is 0 Å². The minimum absolute atomic E-state index is 0.546. The molecule has 0 amide bonds. The van der Waals surface area contributed by atoms with Crippen molar-refractivity contribution in [2.24, 2.45) is 0 Å². The van der Waals surface area contributed by atoms with E-state index in [0.717, 1.165) is 12.8 Å². The fourth-order valence-corrected chi connectivity index (χ4v) is 1.06. The molecule has 1 aromatic carbocycles. The van der Waals surface area contributed by atoms with Gasteiger partial charge in [0.25, 0.3) is 0 Å². The zero-order valence-corrected chi connectivity index (χ0v) is 7.04. The molecule has 0 saturated heterocycles. The van der Waals surface area contributed by atoms with E-state index in [9.17, 15) is 4.79 Å². The highest BCUT2D eigenvalue weighted by molar-refractivity contribution is 5.46. The van der Waals surface area contributed by atoms with Crippen molar-refractivity contribution >= 4 is 6.47 Å². The van der Waals surface area contributed by atoms with Gasteiger partial charge >= 0.3 is 6.47 Å². The van der Waals surface area contributed by atoms with E-state index in [-0.39, 0.29) is 0 Å². The number of benzene rings is 1. The average Bonchev–Trinajstić information content (AvgIpc) is 2.09. The van der Waals surface area contributed by atoms with E-state index in [2.05, 4.69) is 11.7 Å². The van der Waals surface area contributed by atoms with Crippen LogP contribution in [0.1, 0.15) is 18.9 Å². The first kappa shape index (κ1) is 8.78. The minimum Gasteiger partial charge on any atom is -0.418 e. The number of rotatable bonds is 4. The molecule has 1 rings (SSSR count). The Morgan fingerprint density at radius 2 is 2.00 bits per heavy atom. The molecule has 0 aliphatic rings. The lowest BCUT2D eigenvalue weighted by molar-refractivity contribution is 0.442. The summed E-state index contributed by atoms with van der Waals surface area (Å²) in [5.74, 6) is 0.546. The largest absolute Gasteiger partial charge is 0.423 e. The highest BCUT2D eigenvalue weighted by Gasteiger charge is 1.93. The number of hydrogen-bond donors (Lipinski definition) is 0. The van der Waals surface area contributed by atoms with E-state index < -0.39 is 0 Å². The van der Waals surface area contributed by atoms with E-state index in [1.165, 1.54) is 12.0 Å². The zero-order chi connectivity index (χ0) is 8.81. The van der Waals surface area contributed by atoms with Gasteiger partial charge in [-0.2, -0.15) is 0 Å². The molecule has 1 radical (unpaired) electrons. The van der Waals surface area contributed by atoms with Crippen LogP contribution in [-0.2, 0) is 11.2 Å². The fraction of sp³-hybridized carbons (Fsp3) is 0.300. The third kappa shape index (κ3) is 2.38. The molecule has 0 fully saturated rings. The Morgan fingerprint density at radius 1 is 1.33 bits per heavy atom. The highest BCUT2D eigenvalue weighted by Crippen LogP contribution is 2.12. The van der Waals surface area contributed by atoms with Gasteiger partial charge in [0.1, 0.15) is 5.75 Å². The molecule has 0 aliphatic heterocycles. The minimum atomic E-state index is 0.546. The molecule has 2 nitrogen and oxygen atoms in total. The lowest BCUT2D eigenvalue weighted by atomic mass is 10.1. The van der Waals surface area contributed by atoms with Crippen molar-refractivity contribution in [1.82, 2.24) is 0 Å². The van der Waals surface area contributed by atoms with Crippen molar-refractivity contribution in [2.75, 3.05) is 0 Å². The molecule has 0 heterocycles. The van der Waals surface area contributed by atoms with Crippen LogP contribution >= 0.6 is 0 Å². The van der Waals surface area contributed by atoms with E-state index in [4.69, 9.17) is 0 Å². The van der Waals surface area contributed by atoms with E-state index in [1.54, 1.807) is 12.1 Å². The quantitative estimate of drug-likeness (QED) is 0.679. The lowest BCUT2D eigenvalue weighted by Crippen LogP contribution is -1.88. The molecule has 0 spiro atoms. The summed E-state index contributed by atoms with van der Waals surface area (Å²) >= 11 is 0. The SMILES string of the molecule is CCCc1ccc(O[C]=O)cc1. The summed E-state index contributed by atoms with van der Waals surface area (Å²) in [7, 11) is 0. The third-order valence-electron chi connectivity index (χ3n) is 1.62. The summed E-state index contributed by atoms with van der Waals surface area (Å²) in [6.07, 6.45) is 2.19. The maximum atomic E-state index is 9.84. The monoisotopic (exact) mass is 163 g/mol. The van der Waals surface area contributed by atoms with Gasteiger partial charge in [0.2, 0.25) is 0 Å². The average molecular weight is 163 g/mol. The Balaban J connectivity index is 2.64. The molecule has 2 heteroatoms. The van der Waals surface area contributed by atoms with E-state index in [1.807, 2.05) is 12.1 Å². The van der Waals surface area contributed by atoms with Crippen LogP contribution in [0.15, 0.2) is 24.3 Å². The van der Waals surface area contributed by atoms with Gasteiger partial charge in [-0.1, -0.05) is 25.5 Å². The summed E-state index contributed by atoms with van der Waals surface area (Å²) in [4.78, 5) is 9.84. The summed E-state index contributed by atoms with van der Waals surface area (Å²) in [5, 5.41) is 0. The Kier molecular flexibility index (Phi) is 3.33. The lowest BCUT2D eigenvalue weighted by Gasteiger charge is -1.99. The summed E-state index contributed by atoms with van der Waals surface area (Å²) < 4.78 is 4.53. The second-order valence-electron chi connectivity index (χ2n) is 2.58. The first-order valence-electron chi connectivity index (χ1n) is 3.99. The number of carbonyl (C=O) groups excluding carboxylic acids is 1. The standard InChI is InChI=1S/C10H11O2/c1-2-3-9-4-6-10(7-5-9)12-8-11/h4-7H,2-3H2,1H3. The Labute approximate surface area is 72.2 Å². The Morgan fingerprint density at radius 3 is 2.50 bits per heavy atom. The maximum Gasteiger partial charge on any atom is 0.423 e. The van der Waals surface area contributed by atoms with Crippen LogP contribution in [0, 0.1) is 0 Å². The van der Waals surface area contributed by atoms with Gasteiger partial charge in [0.15, 0.2) is 0 Å².